The monoisotopic (exact) mass is 434 g/mol. The quantitative estimate of drug-likeness (QED) is 0.501. The number of carbonyl (C=O) groups is 1. The second-order valence-corrected chi connectivity index (χ2v) is 9.62. The van der Waals surface area contributed by atoms with E-state index in [0.717, 1.165) is 31.5 Å². The average molecular weight is 435 g/mol. The second-order valence-electron chi connectivity index (χ2n) is 9.62. The summed E-state index contributed by atoms with van der Waals surface area (Å²) in [5.74, 6) is 0.814. The van der Waals surface area contributed by atoms with Gasteiger partial charge in [-0.1, -0.05) is 6.07 Å². The normalized spacial score (nSPS) is 22.0. The van der Waals surface area contributed by atoms with Crippen LogP contribution < -0.4 is 5.32 Å². The highest BCUT2D eigenvalue weighted by molar-refractivity contribution is 5.68. The van der Waals surface area contributed by atoms with E-state index in [9.17, 15) is 14.9 Å². The number of nitrogens with one attached hydrogen (secondary N) is 1. The zero-order valence-electron chi connectivity index (χ0n) is 18.7. The van der Waals surface area contributed by atoms with Crippen LogP contribution in [0, 0.1) is 22.0 Å². The fourth-order valence-electron chi connectivity index (χ4n) is 4.10. The minimum Gasteiger partial charge on any atom is -0.444 e. The molecular weight excluding hydrogens is 400 g/mol. The van der Waals surface area contributed by atoms with Gasteiger partial charge in [0, 0.05) is 51.9 Å². The van der Waals surface area contributed by atoms with Gasteiger partial charge >= 0.3 is 6.09 Å². The highest BCUT2D eigenvalue weighted by Crippen LogP contribution is 2.34. The van der Waals surface area contributed by atoms with Crippen LogP contribution in [0.1, 0.15) is 39.2 Å². The van der Waals surface area contributed by atoms with E-state index in [1.54, 1.807) is 17.0 Å². The van der Waals surface area contributed by atoms with Crippen molar-refractivity contribution in [2.75, 3.05) is 44.6 Å². The molecule has 0 radical (unpaired) electrons. The highest BCUT2D eigenvalue weighted by Gasteiger charge is 2.29. The summed E-state index contributed by atoms with van der Waals surface area (Å²) >= 11 is 0. The molecule has 1 heterocycles. The number of aliphatic hydroxyl groups is 1. The van der Waals surface area contributed by atoms with Gasteiger partial charge in [0.2, 0.25) is 0 Å². The molecule has 9 heteroatoms. The molecule has 0 atom stereocenters. The Labute approximate surface area is 183 Å². The number of aliphatic hydroxyl groups excluding tert-OH is 1. The maximum atomic E-state index is 12.2. The van der Waals surface area contributed by atoms with E-state index in [1.165, 1.54) is 0 Å². The molecule has 1 aliphatic carbocycles. The lowest BCUT2D eigenvalue weighted by molar-refractivity contribution is -0.384. The number of benzene rings is 1. The van der Waals surface area contributed by atoms with E-state index in [1.807, 2.05) is 26.8 Å². The van der Waals surface area contributed by atoms with Crippen molar-refractivity contribution in [2.24, 2.45) is 11.8 Å². The molecule has 172 valence electrons. The van der Waals surface area contributed by atoms with Gasteiger partial charge in [-0.3, -0.25) is 15.0 Å². The Kier molecular flexibility index (Phi) is 7.38. The number of carbonyl (C=O) groups excluding carboxylic acids is 1. The van der Waals surface area contributed by atoms with Gasteiger partial charge in [0.25, 0.3) is 5.69 Å². The van der Waals surface area contributed by atoms with E-state index in [-0.39, 0.29) is 23.3 Å². The molecule has 0 unspecified atom stereocenters. The lowest BCUT2D eigenvalue weighted by Gasteiger charge is -2.35. The zero-order chi connectivity index (χ0) is 22.6. The lowest BCUT2D eigenvalue weighted by Crippen LogP contribution is -2.49. The highest BCUT2D eigenvalue weighted by atomic mass is 16.6. The first-order valence-electron chi connectivity index (χ1n) is 11.0. The first-order valence-corrected chi connectivity index (χ1v) is 11.0. The summed E-state index contributed by atoms with van der Waals surface area (Å²) in [6.45, 7) is 9.79. The molecule has 0 aromatic heterocycles. The van der Waals surface area contributed by atoms with Crippen LogP contribution >= 0.6 is 0 Å². The Morgan fingerprint density at radius 2 is 1.90 bits per heavy atom. The van der Waals surface area contributed by atoms with Crippen LogP contribution in [0.4, 0.5) is 16.2 Å². The van der Waals surface area contributed by atoms with Crippen molar-refractivity contribution in [3.05, 3.63) is 33.9 Å². The smallest absolute Gasteiger partial charge is 0.410 e. The van der Waals surface area contributed by atoms with Crippen molar-refractivity contribution < 1.29 is 19.6 Å². The predicted octanol–water partition coefficient (Wildman–Crippen LogP) is 3.08. The fraction of sp³-hybridized carbons (Fsp3) is 0.682. The molecule has 1 amide bonds. The first-order chi connectivity index (χ1) is 14.6. The molecule has 1 aliphatic heterocycles. The first kappa shape index (κ1) is 23.3. The predicted molar refractivity (Wildman–Crippen MR) is 118 cm³/mol. The number of nitro benzene ring substituents is 1. The second kappa shape index (κ2) is 9.82. The average Bonchev–Trinajstić information content (AvgIpc) is 2.66. The number of rotatable bonds is 7. The number of hydrogen-bond donors (Lipinski definition) is 2. The summed E-state index contributed by atoms with van der Waals surface area (Å²) in [6, 6.07) is 5.22. The Bertz CT molecular complexity index is 781. The summed E-state index contributed by atoms with van der Waals surface area (Å²) in [6.07, 6.45) is 1.63. The van der Waals surface area contributed by atoms with E-state index in [2.05, 4.69) is 10.2 Å². The molecule has 2 N–H and O–H groups in total. The van der Waals surface area contributed by atoms with Crippen LogP contribution in [0.25, 0.3) is 0 Å². The SMILES string of the molecule is CC(C)(C)OC(=O)N1CCN(Cc2ccc([N+](=O)[O-])c(NCC3CC(CO)C3)c2)CC1. The van der Waals surface area contributed by atoms with Crippen molar-refractivity contribution >= 4 is 17.5 Å². The minimum absolute atomic E-state index is 0.0801. The standard InChI is InChI=1S/C22H34N4O5/c1-22(2,3)31-21(28)25-8-6-24(7-9-25)14-16-4-5-20(26(29)30)19(12-16)23-13-17-10-18(11-17)15-27/h4-5,12,17-18,23,27H,6-11,13-15H2,1-3H3. The molecule has 3 rings (SSSR count). The van der Waals surface area contributed by atoms with Gasteiger partial charge in [0.05, 0.1) is 4.92 Å². The molecule has 1 aromatic rings. The molecule has 1 saturated heterocycles. The number of hydrogen-bond acceptors (Lipinski definition) is 7. The van der Waals surface area contributed by atoms with E-state index in [4.69, 9.17) is 9.84 Å². The van der Waals surface area contributed by atoms with Gasteiger partial charge in [-0.25, -0.2) is 4.79 Å². The largest absolute Gasteiger partial charge is 0.444 e. The molecule has 1 saturated carbocycles. The van der Waals surface area contributed by atoms with Crippen molar-refractivity contribution in [3.63, 3.8) is 0 Å². The number of piperazine rings is 1. The fourth-order valence-corrected chi connectivity index (χ4v) is 4.10. The lowest BCUT2D eigenvalue weighted by atomic mass is 9.75. The number of amides is 1. The third-order valence-electron chi connectivity index (χ3n) is 5.86. The molecule has 31 heavy (non-hydrogen) atoms. The van der Waals surface area contributed by atoms with Crippen molar-refractivity contribution in [1.82, 2.24) is 9.80 Å². The van der Waals surface area contributed by atoms with Gasteiger partial charge in [-0.05, 0) is 57.1 Å². The third kappa shape index (κ3) is 6.54. The third-order valence-corrected chi connectivity index (χ3v) is 5.86. The summed E-state index contributed by atoms with van der Waals surface area (Å²) in [7, 11) is 0. The maximum Gasteiger partial charge on any atom is 0.410 e. The van der Waals surface area contributed by atoms with Crippen LogP contribution in [0.15, 0.2) is 18.2 Å². The molecule has 0 spiro atoms. The molecule has 2 aliphatic rings. The topological polar surface area (TPSA) is 108 Å². The van der Waals surface area contributed by atoms with E-state index < -0.39 is 5.60 Å². The summed E-state index contributed by atoms with van der Waals surface area (Å²) in [4.78, 5) is 27.2. The Morgan fingerprint density at radius 3 is 2.48 bits per heavy atom. The van der Waals surface area contributed by atoms with Crippen molar-refractivity contribution in [1.29, 1.82) is 0 Å². The molecule has 0 bridgehead atoms. The summed E-state index contributed by atoms with van der Waals surface area (Å²) < 4.78 is 5.44. The van der Waals surface area contributed by atoms with Gasteiger partial charge < -0.3 is 20.1 Å². The van der Waals surface area contributed by atoms with Gasteiger partial charge in [-0.15, -0.1) is 0 Å². The van der Waals surface area contributed by atoms with Crippen molar-refractivity contribution in [3.8, 4) is 0 Å². The van der Waals surface area contributed by atoms with Crippen LogP contribution in [0.3, 0.4) is 0 Å². The zero-order valence-corrected chi connectivity index (χ0v) is 18.7. The van der Waals surface area contributed by atoms with E-state index in [0.29, 0.717) is 43.7 Å². The van der Waals surface area contributed by atoms with Gasteiger partial charge in [-0.2, -0.15) is 0 Å². The number of anilines is 1. The molecule has 1 aromatic carbocycles. The van der Waals surface area contributed by atoms with Gasteiger partial charge in [0.15, 0.2) is 0 Å². The Hall–Kier alpha value is -2.39. The minimum atomic E-state index is -0.505. The summed E-state index contributed by atoms with van der Waals surface area (Å²) in [5, 5.41) is 23.8. The molecule has 2 fully saturated rings. The Balaban J connectivity index is 1.54. The van der Waals surface area contributed by atoms with Crippen LogP contribution in [-0.4, -0.2) is 70.9 Å². The number of ether oxygens (including phenoxy) is 1. The molecule has 9 nitrogen and oxygen atoms in total. The van der Waals surface area contributed by atoms with Crippen LogP contribution in [-0.2, 0) is 11.3 Å². The Morgan fingerprint density at radius 1 is 1.23 bits per heavy atom. The number of nitro groups is 1. The maximum absolute atomic E-state index is 12.2. The molecular formula is C22H34N4O5. The van der Waals surface area contributed by atoms with Crippen molar-refractivity contribution in [2.45, 2.75) is 45.8 Å². The number of nitrogens with zero attached hydrogens (tertiary/aromatic N) is 3. The van der Waals surface area contributed by atoms with Crippen LogP contribution in [0.2, 0.25) is 0 Å². The summed E-state index contributed by atoms with van der Waals surface area (Å²) in [5.41, 5.74) is 1.12. The van der Waals surface area contributed by atoms with E-state index >= 15 is 0 Å². The van der Waals surface area contributed by atoms with Crippen LogP contribution in [0.5, 0.6) is 0 Å². The van der Waals surface area contributed by atoms with Gasteiger partial charge in [0.1, 0.15) is 11.3 Å².